The fourth-order valence-electron chi connectivity index (χ4n) is 0.794. The summed E-state index contributed by atoms with van der Waals surface area (Å²) in [5.41, 5.74) is 0. The van der Waals surface area contributed by atoms with E-state index in [2.05, 4.69) is 11.9 Å². The van der Waals surface area contributed by atoms with E-state index < -0.39 is 0 Å². The molecule has 1 aromatic rings. The Morgan fingerprint density at radius 2 is 2.44 bits per heavy atom. The van der Waals surface area contributed by atoms with Gasteiger partial charge in [0, 0.05) is 19.7 Å². The van der Waals surface area contributed by atoms with Gasteiger partial charge in [-0.3, -0.25) is 0 Å². The maximum Gasteiger partial charge on any atom is 0.147 e. The van der Waals surface area contributed by atoms with Gasteiger partial charge in [-0.1, -0.05) is 18.5 Å². The van der Waals surface area contributed by atoms with Gasteiger partial charge in [-0.25, -0.2) is 4.98 Å². The number of imidazole rings is 1. The highest BCUT2D eigenvalue weighted by Gasteiger charge is 1.97. The smallest absolute Gasteiger partial charge is 0.147 e. The summed E-state index contributed by atoms with van der Waals surface area (Å²) in [4.78, 5) is 4.06. The van der Waals surface area contributed by atoms with E-state index in [4.69, 9.17) is 11.6 Å². The van der Waals surface area contributed by atoms with Crippen LogP contribution >= 0.6 is 11.6 Å². The Balaban J connectivity index is 3.01. The van der Waals surface area contributed by atoms with Gasteiger partial charge in [0.05, 0.1) is 0 Å². The second-order valence-corrected chi connectivity index (χ2v) is 2.33. The summed E-state index contributed by atoms with van der Waals surface area (Å²) in [6, 6.07) is 0. The minimum Gasteiger partial charge on any atom is -0.336 e. The molecular formula is C6H9ClN2. The highest BCUT2D eigenvalue weighted by Crippen LogP contribution is 2.06. The molecule has 0 saturated heterocycles. The SMILES string of the molecule is CCc1nc(Cl)cn1C. The second kappa shape index (κ2) is 2.40. The molecule has 0 aliphatic carbocycles. The molecule has 1 rings (SSSR count). The molecule has 1 aromatic heterocycles. The first kappa shape index (κ1) is 6.62. The molecule has 2 nitrogen and oxygen atoms in total. The van der Waals surface area contributed by atoms with Gasteiger partial charge in [0.25, 0.3) is 0 Å². The third kappa shape index (κ3) is 1.24. The molecule has 0 aliphatic rings. The Kier molecular flexibility index (Phi) is 1.76. The van der Waals surface area contributed by atoms with Crippen molar-refractivity contribution in [3.05, 3.63) is 17.2 Å². The Bertz CT molecular complexity index is 205. The molecule has 0 radical (unpaired) electrons. The first-order valence-corrected chi connectivity index (χ1v) is 3.29. The third-order valence-corrected chi connectivity index (χ3v) is 1.44. The van der Waals surface area contributed by atoms with E-state index in [9.17, 15) is 0 Å². The van der Waals surface area contributed by atoms with E-state index in [1.165, 1.54) is 0 Å². The van der Waals surface area contributed by atoms with E-state index in [1.54, 1.807) is 6.20 Å². The van der Waals surface area contributed by atoms with Gasteiger partial charge < -0.3 is 4.57 Å². The van der Waals surface area contributed by atoms with Crippen LogP contribution in [0, 0.1) is 0 Å². The van der Waals surface area contributed by atoms with Gasteiger partial charge in [-0.15, -0.1) is 0 Å². The highest BCUT2D eigenvalue weighted by molar-refractivity contribution is 6.29. The number of nitrogens with zero attached hydrogens (tertiary/aromatic N) is 2. The molecule has 0 spiro atoms. The zero-order chi connectivity index (χ0) is 6.85. The molecular weight excluding hydrogens is 136 g/mol. The summed E-state index contributed by atoms with van der Waals surface area (Å²) in [5.74, 6) is 1.03. The number of halogens is 1. The standard InChI is InChI=1S/C6H9ClN2/c1-3-6-8-5(7)4-9(6)2/h4H,3H2,1-2H3. The lowest BCUT2D eigenvalue weighted by Gasteiger charge is -1.92. The van der Waals surface area contributed by atoms with Gasteiger partial charge in [0.15, 0.2) is 0 Å². The summed E-state index contributed by atoms with van der Waals surface area (Å²) >= 11 is 5.61. The van der Waals surface area contributed by atoms with Crippen molar-refractivity contribution < 1.29 is 0 Å². The number of hydrogen-bond acceptors (Lipinski definition) is 1. The van der Waals surface area contributed by atoms with E-state index in [0.29, 0.717) is 5.15 Å². The third-order valence-electron chi connectivity index (χ3n) is 1.26. The average Bonchev–Trinajstić information content (AvgIpc) is 2.10. The van der Waals surface area contributed by atoms with Crippen LogP contribution in [0.15, 0.2) is 6.20 Å². The monoisotopic (exact) mass is 144 g/mol. The normalized spacial score (nSPS) is 10.1. The predicted octanol–water partition coefficient (Wildman–Crippen LogP) is 1.64. The van der Waals surface area contributed by atoms with E-state index in [0.717, 1.165) is 12.2 Å². The van der Waals surface area contributed by atoms with Crippen LogP contribution in [-0.2, 0) is 13.5 Å². The minimum absolute atomic E-state index is 0.578. The molecule has 0 bridgehead atoms. The van der Waals surface area contributed by atoms with Crippen LogP contribution < -0.4 is 0 Å². The zero-order valence-electron chi connectivity index (χ0n) is 5.56. The van der Waals surface area contributed by atoms with Crippen LogP contribution in [-0.4, -0.2) is 9.55 Å². The van der Waals surface area contributed by atoms with Gasteiger partial charge in [-0.05, 0) is 0 Å². The van der Waals surface area contributed by atoms with Crippen LogP contribution in [0.3, 0.4) is 0 Å². The van der Waals surface area contributed by atoms with Crippen molar-refractivity contribution >= 4 is 11.6 Å². The lowest BCUT2D eigenvalue weighted by Crippen LogP contribution is -1.93. The Hall–Kier alpha value is -0.500. The van der Waals surface area contributed by atoms with Gasteiger partial charge in [-0.2, -0.15) is 0 Å². The first-order valence-electron chi connectivity index (χ1n) is 2.91. The molecule has 50 valence electrons. The fourth-order valence-corrected chi connectivity index (χ4v) is 1.04. The summed E-state index contributed by atoms with van der Waals surface area (Å²) in [5, 5.41) is 0.578. The van der Waals surface area contributed by atoms with Crippen molar-refractivity contribution in [1.82, 2.24) is 9.55 Å². The summed E-state index contributed by atoms with van der Waals surface area (Å²) in [6.45, 7) is 2.05. The van der Waals surface area contributed by atoms with Crippen molar-refractivity contribution in [2.75, 3.05) is 0 Å². The first-order chi connectivity index (χ1) is 4.24. The van der Waals surface area contributed by atoms with Gasteiger partial charge in [0.1, 0.15) is 11.0 Å². The van der Waals surface area contributed by atoms with Crippen LogP contribution in [0.5, 0.6) is 0 Å². The summed E-state index contributed by atoms with van der Waals surface area (Å²) in [7, 11) is 1.94. The largest absolute Gasteiger partial charge is 0.336 e. The molecule has 0 amide bonds. The molecule has 0 atom stereocenters. The van der Waals surface area contributed by atoms with Crippen molar-refractivity contribution in [3.8, 4) is 0 Å². The molecule has 3 heteroatoms. The van der Waals surface area contributed by atoms with Crippen molar-refractivity contribution in [2.24, 2.45) is 7.05 Å². The number of aromatic nitrogens is 2. The van der Waals surface area contributed by atoms with E-state index in [-0.39, 0.29) is 0 Å². The van der Waals surface area contributed by atoms with Crippen molar-refractivity contribution in [3.63, 3.8) is 0 Å². The number of hydrogen-bond donors (Lipinski definition) is 0. The second-order valence-electron chi connectivity index (χ2n) is 1.94. The Morgan fingerprint density at radius 3 is 2.67 bits per heavy atom. The molecule has 1 heterocycles. The minimum atomic E-state index is 0.578. The maximum atomic E-state index is 5.61. The van der Waals surface area contributed by atoms with Crippen molar-refractivity contribution in [2.45, 2.75) is 13.3 Å². The topological polar surface area (TPSA) is 17.8 Å². The van der Waals surface area contributed by atoms with Crippen LogP contribution in [0.2, 0.25) is 5.15 Å². The van der Waals surface area contributed by atoms with Gasteiger partial charge in [0.2, 0.25) is 0 Å². The average molecular weight is 145 g/mol. The van der Waals surface area contributed by atoms with E-state index in [1.807, 2.05) is 11.6 Å². The van der Waals surface area contributed by atoms with Crippen LogP contribution in [0.1, 0.15) is 12.7 Å². The fraction of sp³-hybridized carbons (Fsp3) is 0.500. The lowest BCUT2D eigenvalue weighted by atomic mass is 10.5. The number of aryl methyl sites for hydroxylation is 2. The molecule has 0 fully saturated rings. The van der Waals surface area contributed by atoms with Crippen molar-refractivity contribution in [1.29, 1.82) is 0 Å². The van der Waals surface area contributed by atoms with Crippen LogP contribution in [0.4, 0.5) is 0 Å². The molecule has 9 heavy (non-hydrogen) atoms. The highest BCUT2D eigenvalue weighted by atomic mass is 35.5. The predicted molar refractivity (Wildman–Crippen MR) is 37.6 cm³/mol. The molecule has 0 aliphatic heterocycles. The molecule has 0 saturated carbocycles. The molecule has 0 aromatic carbocycles. The zero-order valence-corrected chi connectivity index (χ0v) is 6.31. The maximum absolute atomic E-state index is 5.61. The summed E-state index contributed by atoms with van der Waals surface area (Å²) < 4.78 is 1.93. The van der Waals surface area contributed by atoms with Gasteiger partial charge >= 0.3 is 0 Å². The number of rotatable bonds is 1. The van der Waals surface area contributed by atoms with E-state index >= 15 is 0 Å². The molecule has 0 unspecified atom stereocenters. The Morgan fingerprint density at radius 1 is 1.78 bits per heavy atom. The molecule has 0 N–H and O–H groups in total. The van der Waals surface area contributed by atoms with Crippen LogP contribution in [0.25, 0.3) is 0 Å². The summed E-state index contributed by atoms with van der Waals surface area (Å²) in [6.07, 6.45) is 2.74. The Labute approximate surface area is 59.5 Å². The lowest BCUT2D eigenvalue weighted by molar-refractivity contribution is 0.808. The quantitative estimate of drug-likeness (QED) is 0.586.